The molecule has 0 bridgehead atoms. The van der Waals surface area contributed by atoms with Gasteiger partial charge in [0.15, 0.2) is 0 Å². The summed E-state index contributed by atoms with van der Waals surface area (Å²) >= 11 is 0. The molecular formula is C23H26N2O4. The van der Waals surface area contributed by atoms with Crippen LogP contribution in [0.25, 0.3) is 0 Å². The van der Waals surface area contributed by atoms with Crippen molar-refractivity contribution in [2.45, 2.75) is 27.0 Å². The number of benzene rings is 2. The van der Waals surface area contributed by atoms with Crippen LogP contribution >= 0.6 is 0 Å². The molecule has 0 saturated carbocycles. The number of methoxy groups -OCH3 is 1. The minimum Gasteiger partial charge on any atom is -0.489 e. The third kappa shape index (κ3) is 5.45. The monoisotopic (exact) mass is 394 g/mol. The van der Waals surface area contributed by atoms with Crippen LogP contribution in [0.1, 0.15) is 32.9 Å². The maximum atomic E-state index is 13.0. The first-order valence-corrected chi connectivity index (χ1v) is 9.55. The second-order valence-electron chi connectivity index (χ2n) is 6.82. The molecule has 0 saturated heterocycles. The van der Waals surface area contributed by atoms with Gasteiger partial charge in [0.05, 0.1) is 17.9 Å². The summed E-state index contributed by atoms with van der Waals surface area (Å²) in [6.07, 6.45) is 0. The summed E-state index contributed by atoms with van der Waals surface area (Å²) in [5.41, 5.74) is 3.46. The average molecular weight is 394 g/mol. The van der Waals surface area contributed by atoms with E-state index in [-0.39, 0.29) is 5.91 Å². The molecule has 0 fully saturated rings. The Bertz CT molecular complexity index is 900. The molecule has 1 amide bonds. The van der Waals surface area contributed by atoms with Gasteiger partial charge in [-0.3, -0.25) is 4.79 Å². The Kier molecular flexibility index (Phi) is 7.03. The first-order chi connectivity index (χ1) is 14.1. The van der Waals surface area contributed by atoms with Crippen LogP contribution in [0.3, 0.4) is 0 Å². The lowest BCUT2D eigenvalue weighted by atomic mass is 10.1. The maximum absolute atomic E-state index is 13.0. The highest BCUT2D eigenvalue weighted by atomic mass is 16.5. The molecule has 0 spiro atoms. The highest BCUT2D eigenvalue weighted by Crippen LogP contribution is 2.19. The molecule has 29 heavy (non-hydrogen) atoms. The van der Waals surface area contributed by atoms with E-state index in [4.69, 9.17) is 14.0 Å². The molecule has 0 unspecified atom stereocenters. The third-order valence-corrected chi connectivity index (χ3v) is 4.73. The molecule has 0 aliphatic rings. The molecule has 0 atom stereocenters. The van der Waals surface area contributed by atoms with Crippen LogP contribution in [-0.4, -0.2) is 36.2 Å². The van der Waals surface area contributed by atoms with E-state index in [1.54, 1.807) is 24.1 Å². The van der Waals surface area contributed by atoms with Gasteiger partial charge < -0.3 is 18.9 Å². The van der Waals surface area contributed by atoms with E-state index in [2.05, 4.69) is 5.16 Å². The maximum Gasteiger partial charge on any atom is 0.254 e. The molecule has 3 aromatic rings. The quantitative estimate of drug-likeness (QED) is 0.545. The van der Waals surface area contributed by atoms with Gasteiger partial charge in [0, 0.05) is 25.8 Å². The lowest BCUT2D eigenvalue weighted by Crippen LogP contribution is -2.33. The van der Waals surface area contributed by atoms with Crippen molar-refractivity contribution in [1.29, 1.82) is 0 Å². The number of carbonyl (C=O) groups is 1. The molecule has 0 aliphatic carbocycles. The van der Waals surface area contributed by atoms with Crippen LogP contribution in [0.5, 0.6) is 5.75 Å². The molecule has 0 radical (unpaired) electrons. The van der Waals surface area contributed by atoms with Gasteiger partial charge in [0.1, 0.15) is 18.1 Å². The smallest absolute Gasteiger partial charge is 0.254 e. The summed E-state index contributed by atoms with van der Waals surface area (Å²) in [5.74, 6) is 1.40. The van der Waals surface area contributed by atoms with Crippen molar-refractivity contribution < 1.29 is 18.8 Å². The molecule has 3 rings (SSSR count). The number of hydrogen-bond acceptors (Lipinski definition) is 5. The Morgan fingerprint density at radius 3 is 2.41 bits per heavy atom. The molecule has 6 nitrogen and oxygen atoms in total. The Hall–Kier alpha value is -3.12. The van der Waals surface area contributed by atoms with Crippen molar-refractivity contribution in [2.24, 2.45) is 0 Å². The molecule has 1 heterocycles. The molecule has 6 heteroatoms. The number of ether oxygens (including phenoxy) is 2. The van der Waals surface area contributed by atoms with Gasteiger partial charge in [-0.1, -0.05) is 35.5 Å². The highest BCUT2D eigenvalue weighted by Gasteiger charge is 2.16. The first kappa shape index (κ1) is 20.6. The summed E-state index contributed by atoms with van der Waals surface area (Å²) in [6, 6.07) is 17.1. The third-order valence-electron chi connectivity index (χ3n) is 4.73. The van der Waals surface area contributed by atoms with Crippen molar-refractivity contribution >= 4 is 5.91 Å². The molecule has 152 valence electrons. The van der Waals surface area contributed by atoms with Gasteiger partial charge in [-0.05, 0) is 43.7 Å². The van der Waals surface area contributed by atoms with Crippen molar-refractivity contribution in [2.75, 3.05) is 20.3 Å². The van der Waals surface area contributed by atoms with Gasteiger partial charge >= 0.3 is 0 Å². The van der Waals surface area contributed by atoms with Crippen LogP contribution < -0.4 is 4.74 Å². The van der Waals surface area contributed by atoms with E-state index in [1.807, 2.05) is 56.3 Å². The number of rotatable bonds is 9. The summed E-state index contributed by atoms with van der Waals surface area (Å²) < 4.78 is 16.1. The lowest BCUT2D eigenvalue weighted by molar-refractivity contribution is 0.0680. The van der Waals surface area contributed by atoms with Crippen molar-refractivity contribution in [3.63, 3.8) is 0 Å². The van der Waals surface area contributed by atoms with E-state index < -0.39 is 0 Å². The Balaban J connectivity index is 1.66. The summed E-state index contributed by atoms with van der Waals surface area (Å²) in [5, 5.41) is 3.93. The van der Waals surface area contributed by atoms with Crippen molar-refractivity contribution in [3.8, 4) is 5.75 Å². The van der Waals surface area contributed by atoms with Crippen LogP contribution in [0.2, 0.25) is 0 Å². The molecular weight excluding hydrogens is 368 g/mol. The summed E-state index contributed by atoms with van der Waals surface area (Å²) in [4.78, 5) is 14.8. The van der Waals surface area contributed by atoms with E-state index in [9.17, 15) is 4.79 Å². The van der Waals surface area contributed by atoms with E-state index in [1.165, 1.54) is 0 Å². The normalized spacial score (nSPS) is 10.7. The second-order valence-corrected chi connectivity index (χ2v) is 6.82. The molecule has 0 N–H and O–H groups in total. The standard InChI is InChI=1S/C23H26N2O4/c1-17-22(18(2)29-24-17)16-28-21-11-9-20(10-12-21)23(26)25(13-14-27-3)15-19-7-5-4-6-8-19/h4-12H,13-16H2,1-3H3. The topological polar surface area (TPSA) is 64.8 Å². The molecule has 2 aromatic carbocycles. The molecule has 1 aromatic heterocycles. The number of aromatic nitrogens is 1. The Morgan fingerprint density at radius 2 is 1.79 bits per heavy atom. The largest absolute Gasteiger partial charge is 0.489 e. The van der Waals surface area contributed by atoms with E-state index in [0.29, 0.717) is 37.6 Å². The fourth-order valence-electron chi connectivity index (χ4n) is 3.00. The van der Waals surface area contributed by atoms with Crippen LogP contribution in [0.15, 0.2) is 59.1 Å². The Morgan fingerprint density at radius 1 is 1.07 bits per heavy atom. The predicted octanol–water partition coefficient (Wildman–Crippen LogP) is 4.16. The zero-order valence-corrected chi connectivity index (χ0v) is 17.1. The lowest BCUT2D eigenvalue weighted by Gasteiger charge is -2.23. The number of amides is 1. The van der Waals surface area contributed by atoms with Crippen LogP contribution in [-0.2, 0) is 17.9 Å². The fraction of sp³-hybridized carbons (Fsp3) is 0.304. The van der Waals surface area contributed by atoms with Crippen LogP contribution in [0, 0.1) is 13.8 Å². The SMILES string of the molecule is COCCN(Cc1ccccc1)C(=O)c1ccc(OCc2c(C)noc2C)cc1. The van der Waals surface area contributed by atoms with Gasteiger partial charge in [-0.25, -0.2) is 0 Å². The minimum atomic E-state index is -0.0387. The van der Waals surface area contributed by atoms with E-state index >= 15 is 0 Å². The Labute approximate surface area is 171 Å². The van der Waals surface area contributed by atoms with Crippen molar-refractivity contribution in [1.82, 2.24) is 10.1 Å². The van der Waals surface area contributed by atoms with Gasteiger partial charge in [-0.2, -0.15) is 0 Å². The first-order valence-electron chi connectivity index (χ1n) is 9.55. The average Bonchev–Trinajstić information content (AvgIpc) is 3.07. The van der Waals surface area contributed by atoms with Gasteiger partial charge in [0.25, 0.3) is 5.91 Å². The second kappa shape index (κ2) is 9.89. The molecule has 0 aliphatic heterocycles. The van der Waals surface area contributed by atoms with Crippen LogP contribution in [0.4, 0.5) is 0 Å². The van der Waals surface area contributed by atoms with Gasteiger partial charge in [0.2, 0.25) is 0 Å². The number of hydrogen-bond donors (Lipinski definition) is 0. The summed E-state index contributed by atoms with van der Waals surface area (Å²) in [6.45, 7) is 5.67. The zero-order valence-electron chi connectivity index (χ0n) is 17.1. The predicted molar refractivity (Wildman–Crippen MR) is 110 cm³/mol. The zero-order chi connectivity index (χ0) is 20.6. The highest BCUT2D eigenvalue weighted by molar-refractivity contribution is 5.94. The van der Waals surface area contributed by atoms with E-state index in [0.717, 1.165) is 22.6 Å². The number of nitrogens with zero attached hydrogens (tertiary/aromatic N) is 2. The number of carbonyl (C=O) groups excluding carboxylic acids is 1. The van der Waals surface area contributed by atoms with Gasteiger partial charge in [-0.15, -0.1) is 0 Å². The minimum absolute atomic E-state index is 0.0387. The summed E-state index contributed by atoms with van der Waals surface area (Å²) in [7, 11) is 1.64. The fourth-order valence-corrected chi connectivity index (χ4v) is 3.00. The number of aryl methyl sites for hydroxylation is 2. The van der Waals surface area contributed by atoms with Crippen molar-refractivity contribution in [3.05, 3.63) is 82.7 Å².